The van der Waals surface area contributed by atoms with Gasteiger partial charge in [0.25, 0.3) is 0 Å². The Labute approximate surface area is 325 Å². The first-order valence-corrected chi connectivity index (χ1v) is 19.0. The highest BCUT2D eigenvalue weighted by atomic mass is 16.3. The number of rotatable bonds is 5. The molecule has 57 heavy (non-hydrogen) atoms. The molecule has 6 heteroatoms. The third-order valence-corrected chi connectivity index (χ3v) is 11.1. The van der Waals surface area contributed by atoms with Crippen LogP contribution in [-0.2, 0) is 0 Å². The summed E-state index contributed by atoms with van der Waals surface area (Å²) in [5.74, 6) is 1.71. The SMILES string of the molecule is c1ccc(-c2ccc3c(c2)oc2ccc(-n4c5ccccc5c5cccc(-c6nc(-c7ccccc7)nc(-c7cccc8c7oc7ccccc78)n6)c54)cc23)cc1. The van der Waals surface area contributed by atoms with E-state index in [1.54, 1.807) is 0 Å². The first-order chi connectivity index (χ1) is 28.2. The van der Waals surface area contributed by atoms with Gasteiger partial charge in [-0.2, -0.15) is 0 Å². The predicted octanol–water partition coefficient (Wildman–Crippen LogP) is 13.4. The van der Waals surface area contributed by atoms with Crippen LogP contribution in [0.2, 0.25) is 0 Å². The highest BCUT2D eigenvalue weighted by Gasteiger charge is 2.22. The smallest absolute Gasteiger partial charge is 0.167 e. The van der Waals surface area contributed by atoms with Crippen LogP contribution in [-0.4, -0.2) is 19.5 Å². The maximum Gasteiger partial charge on any atom is 0.167 e. The van der Waals surface area contributed by atoms with E-state index in [0.717, 1.165) is 99.2 Å². The van der Waals surface area contributed by atoms with Crippen LogP contribution >= 0.6 is 0 Å². The second kappa shape index (κ2) is 12.3. The molecule has 0 fully saturated rings. The van der Waals surface area contributed by atoms with Gasteiger partial charge in [-0.1, -0.05) is 127 Å². The summed E-state index contributed by atoms with van der Waals surface area (Å²) in [6.07, 6.45) is 0. The van der Waals surface area contributed by atoms with Gasteiger partial charge >= 0.3 is 0 Å². The van der Waals surface area contributed by atoms with E-state index in [0.29, 0.717) is 17.5 Å². The third-order valence-electron chi connectivity index (χ3n) is 11.1. The van der Waals surface area contributed by atoms with Crippen LogP contribution in [0.4, 0.5) is 0 Å². The van der Waals surface area contributed by atoms with Crippen molar-refractivity contribution in [3.8, 4) is 51.0 Å². The molecule has 0 amide bonds. The zero-order chi connectivity index (χ0) is 37.5. The molecule has 12 rings (SSSR count). The summed E-state index contributed by atoms with van der Waals surface area (Å²) in [7, 11) is 0. The van der Waals surface area contributed by atoms with Crippen molar-refractivity contribution in [2.45, 2.75) is 0 Å². The minimum atomic E-state index is 0.546. The second-order valence-electron chi connectivity index (χ2n) is 14.4. The summed E-state index contributed by atoms with van der Waals surface area (Å²) < 4.78 is 15.3. The first kappa shape index (κ1) is 31.5. The number of furan rings is 2. The number of hydrogen-bond donors (Lipinski definition) is 0. The lowest BCUT2D eigenvalue weighted by atomic mass is 10.0. The number of fused-ring (bicyclic) bond motifs is 9. The Kier molecular flexibility index (Phi) is 6.83. The average molecular weight is 731 g/mol. The molecule has 6 nitrogen and oxygen atoms in total. The molecule has 266 valence electrons. The Hall–Kier alpha value is -7.83. The maximum atomic E-state index is 6.49. The quantitative estimate of drug-likeness (QED) is 0.176. The Morgan fingerprint density at radius 2 is 0.982 bits per heavy atom. The van der Waals surface area contributed by atoms with E-state index < -0.39 is 0 Å². The fourth-order valence-corrected chi connectivity index (χ4v) is 8.44. The van der Waals surface area contributed by atoms with Gasteiger partial charge in [-0.25, -0.2) is 15.0 Å². The molecule has 0 saturated heterocycles. The van der Waals surface area contributed by atoms with E-state index in [1.165, 1.54) is 0 Å². The summed E-state index contributed by atoms with van der Waals surface area (Å²) in [6.45, 7) is 0. The summed E-state index contributed by atoms with van der Waals surface area (Å²) in [5, 5.41) is 6.45. The number of hydrogen-bond acceptors (Lipinski definition) is 5. The van der Waals surface area contributed by atoms with Crippen molar-refractivity contribution < 1.29 is 8.83 Å². The molecule has 0 unspecified atom stereocenters. The topological polar surface area (TPSA) is 69.9 Å². The largest absolute Gasteiger partial charge is 0.456 e. The van der Waals surface area contributed by atoms with E-state index >= 15 is 0 Å². The molecule has 0 radical (unpaired) electrons. The molecule has 4 heterocycles. The number of benzene rings is 8. The van der Waals surface area contributed by atoms with Crippen LogP contribution in [0.15, 0.2) is 191 Å². The number of nitrogens with zero attached hydrogens (tertiary/aromatic N) is 4. The van der Waals surface area contributed by atoms with E-state index in [-0.39, 0.29) is 0 Å². The van der Waals surface area contributed by atoms with Gasteiger partial charge in [0.05, 0.1) is 16.6 Å². The van der Waals surface area contributed by atoms with Crippen LogP contribution < -0.4 is 0 Å². The molecule has 8 aromatic carbocycles. The molecule has 0 N–H and O–H groups in total. The lowest BCUT2D eigenvalue weighted by molar-refractivity contribution is 0.669. The second-order valence-corrected chi connectivity index (χ2v) is 14.4. The van der Waals surface area contributed by atoms with Gasteiger partial charge in [0.15, 0.2) is 17.5 Å². The molecule has 0 aliphatic carbocycles. The van der Waals surface area contributed by atoms with Crippen molar-refractivity contribution >= 4 is 65.7 Å². The number of para-hydroxylation sites is 4. The minimum absolute atomic E-state index is 0.546. The van der Waals surface area contributed by atoms with E-state index in [9.17, 15) is 0 Å². The lowest BCUT2D eigenvalue weighted by Crippen LogP contribution is -2.02. The molecular formula is C51H30N4O2. The Morgan fingerprint density at radius 3 is 1.82 bits per heavy atom. The van der Waals surface area contributed by atoms with E-state index in [4.69, 9.17) is 23.8 Å². The van der Waals surface area contributed by atoms with Gasteiger partial charge in [0.2, 0.25) is 0 Å². The summed E-state index contributed by atoms with van der Waals surface area (Å²) in [6, 6.07) is 62.7. The van der Waals surface area contributed by atoms with Crippen LogP contribution in [0.25, 0.3) is 117 Å². The minimum Gasteiger partial charge on any atom is -0.456 e. The Balaban J connectivity index is 1.10. The van der Waals surface area contributed by atoms with E-state index in [1.807, 2.05) is 66.7 Å². The summed E-state index contributed by atoms with van der Waals surface area (Å²) >= 11 is 0. The average Bonchev–Trinajstić information content (AvgIpc) is 3.96. The molecule has 0 aliphatic rings. The molecule has 0 bridgehead atoms. The predicted molar refractivity (Wildman–Crippen MR) is 230 cm³/mol. The standard InChI is InChI=1S/C51H30N4O2/c1-3-13-31(14-4-1)33-25-27-37-42-30-34(26-28-45(42)56-46(37)29-33)55-43-23-9-7-17-35(43)38-19-11-21-40(47(38)55)50-52-49(32-15-5-2-6-16-32)53-51(54-50)41-22-12-20-39-36-18-8-10-24-44(36)57-48(39)41/h1-30H. The first-order valence-electron chi connectivity index (χ1n) is 19.0. The summed E-state index contributed by atoms with van der Waals surface area (Å²) in [4.78, 5) is 15.6. The van der Waals surface area contributed by atoms with Gasteiger partial charge in [-0.15, -0.1) is 0 Å². The number of aromatic nitrogens is 4. The van der Waals surface area contributed by atoms with Crippen LogP contribution in [0.5, 0.6) is 0 Å². The molecule has 4 aromatic heterocycles. The molecule has 12 aromatic rings. The van der Waals surface area contributed by atoms with Crippen LogP contribution in [0.3, 0.4) is 0 Å². The maximum absolute atomic E-state index is 6.49. The molecular weight excluding hydrogens is 701 g/mol. The normalized spacial score (nSPS) is 11.9. The fourth-order valence-electron chi connectivity index (χ4n) is 8.44. The van der Waals surface area contributed by atoms with Gasteiger partial charge in [0.1, 0.15) is 22.3 Å². The van der Waals surface area contributed by atoms with Crippen molar-refractivity contribution in [1.29, 1.82) is 0 Å². The highest BCUT2D eigenvalue weighted by molar-refractivity contribution is 6.14. The zero-order valence-electron chi connectivity index (χ0n) is 30.4. The van der Waals surface area contributed by atoms with Crippen molar-refractivity contribution in [3.63, 3.8) is 0 Å². The Bertz CT molecular complexity index is 3530. The van der Waals surface area contributed by atoms with Crippen molar-refractivity contribution in [1.82, 2.24) is 19.5 Å². The molecule has 0 aliphatic heterocycles. The Morgan fingerprint density at radius 1 is 0.351 bits per heavy atom. The zero-order valence-corrected chi connectivity index (χ0v) is 30.4. The van der Waals surface area contributed by atoms with Crippen LogP contribution in [0, 0.1) is 0 Å². The van der Waals surface area contributed by atoms with Crippen molar-refractivity contribution in [3.05, 3.63) is 182 Å². The fraction of sp³-hybridized carbons (Fsp3) is 0. The van der Waals surface area contributed by atoms with Gasteiger partial charge in [-0.3, -0.25) is 0 Å². The van der Waals surface area contributed by atoms with Gasteiger partial charge in [0, 0.05) is 49.1 Å². The van der Waals surface area contributed by atoms with Crippen LogP contribution in [0.1, 0.15) is 0 Å². The van der Waals surface area contributed by atoms with Crippen molar-refractivity contribution in [2.75, 3.05) is 0 Å². The summed E-state index contributed by atoms with van der Waals surface area (Å²) in [5.41, 5.74) is 11.3. The van der Waals surface area contributed by atoms with E-state index in [2.05, 4.69) is 120 Å². The third kappa shape index (κ3) is 4.94. The molecule has 0 saturated carbocycles. The van der Waals surface area contributed by atoms with Gasteiger partial charge in [-0.05, 0) is 65.7 Å². The lowest BCUT2D eigenvalue weighted by Gasteiger charge is -2.13. The molecule has 0 spiro atoms. The van der Waals surface area contributed by atoms with Gasteiger partial charge < -0.3 is 13.4 Å². The highest BCUT2D eigenvalue weighted by Crippen LogP contribution is 2.41. The monoisotopic (exact) mass is 730 g/mol. The molecule has 0 atom stereocenters. The van der Waals surface area contributed by atoms with Crippen molar-refractivity contribution in [2.24, 2.45) is 0 Å².